The number of aldehydes is 1. The lowest BCUT2D eigenvalue weighted by molar-refractivity contribution is -0.158. The molecule has 1 aliphatic heterocycles. The molecule has 1 aromatic heterocycles. The first-order chi connectivity index (χ1) is 15.2. The molecular weight excluding hydrogens is 410 g/mol. The van der Waals surface area contributed by atoms with E-state index in [0.717, 1.165) is 28.5 Å². The van der Waals surface area contributed by atoms with Crippen LogP contribution in [-0.4, -0.2) is 73.6 Å². The molecule has 1 N–H and O–H groups in total. The number of hydrogen-bond acceptors (Lipinski definition) is 7. The zero-order valence-corrected chi connectivity index (χ0v) is 19.1. The lowest BCUT2D eigenvalue weighted by Crippen LogP contribution is -2.58. The Hall–Kier alpha value is -3.39. The van der Waals surface area contributed by atoms with Crippen molar-refractivity contribution in [3.63, 3.8) is 0 Å². The van der Waals surface area contributed by atoms with E-state index in [2.05, 4.69) is 9.88 Å². The van der Waals surface area contributed by atoms with Gasteiger partial charge >= 0.3 is 5.97 Å². The monoisotopic (exact) mass is 439 g/mol. The molecule has 0 saturated carbocycles. The maximum atomic E-state index is 11.6. The predicted octanol–water partition coefficient (Wildman–Crippen LogP) is 2.77. The van der Waals surface area contributed by atoms with E-state index in [4.69, 9.17) is 9.47 Å². The molecule has 170 valence electrons. The molecule has 0 bridgehead atoms. The van der Waals surface area contributed by atoms with Crippen molar-refractivity contribution in [1.29, 1.82) is 0 Å². The van der Waals surface area contributed by atoms with E-state index >= 15 is 0 Å². The quantitative estimate of drug-likeness (QED) is 0.597. The molecular formula is C24H29N3O5. The van der Waals surface area contributed by atoms with Crippen molar-refractivity contribution in [3.05, 3.63) is 59.0 Å². The highest BCUT2D eigenvalue weighted by molar-refractivity contribution is 5.91. The van der Waals surface area contributed by atoms with Gasteiger partial charge in [-0.15, -0.1) is 0 Å². The molecule has 1 fully saturated rings. The van der Waals surface area contributed by atoms with Gasteiger partial charge in [-0.25, -0.2) is 0 Å². The molecule has 1 aliphatic rings. The van der Waals surface area contributed by atoms with E-state index in [1.165, 1.54) is 6.20 Å². The summed E-state index contributed by atoms with van der Waals surface area (Å²) in [5, 5.41) is 9.38. The Bertz CT molecular complexity index is 1020. The third-order valence-corrected chi connectivity index (χ3v) is 5.62. The number of ether oxygens (including phenoxy) is 2. The van der Waals surface area contributed by atoms with E-state index in [9.17, 15) is 14.7 Å². The van der Waals surface area contributed by atoms with E-state index in [-0.39, 0.29) is 0 Å². The van der Waals surface area contributed by atoms with E-state index < -0.39 is 11.4 Å². The smallest absolute Gasteiger partial charge is 0.311 e. The summed E-state index contributed by atoms with van der Waals surface area (Å²) in [6, 6.07) is 5.63. The first-order valence-corrected chi connectivity index (χ1v) is 10.2. The van der Waals surface area contributed by atoms with Gasteiger partial charge < -0.3 is 19.5 Å². The van der Waals surface area contributed by atoms with Crippen LogP contribution in [0.15, 0.2) is 36.8 Å². The Balaban J connectivity index is 2.04. The van der Waals surface area contributed by atoms with Crippen LogP contribution in [0.2, 0.25) is 0 Å². The van der Waals surface area contributed by atoms with Gasteiger partial charge in [0, 0.05) is 63.5 Å². The van der Waals surface area contributed by atoms with Gasteiger partial charge in [-0.1, -0.05) is 0 Å². The van der Waals surface area contributed by atoms with Gasteiger partial charge in [-0.2, -0.15) is 0 Å². The molecule has 32 heavy (non-hydrogen) atoms. The van der Waals surface area contributed by atoms with Crippen LogP contribution in [0.4, 0.5) is 0 Å². The molecule has 1 aromatic carbocycles. The van der Waals surface area contributed by atoms with Crippen molar-refractivity contribution in [1.82, 2.24) is 14.8 Å². The lowest BCUT2D eigenvalue weighted by Gasteiger charge is -2.45. The zero-order chi connectivity index (χ0) is 23.5. The molecule has 3 rings (SSSR count). The van der Waals surface area contributed by atoms with Gasteiger partial charge in [0.25, 0.3) is 0 Å². The summed E-state index contributed by atoms with van der Waals surface area (Å²) in [5.41, 5.74) is 3.00. The minimum atomic E-state index is -0.787. The van der Waals surface area contributed by atoms with E-state index in [1.54, 1.807) is 33.4 Å². The molecule has 1 saturated heterocycles. The summed E-state index contributed by atoms with van der Waals surface area (Å²) in [7, 11) is 7.01. The standard InChI is InChI=1S/C24H29N3O5/c1-24(23(29)30)14-27(15-24)12-20-21(31-4)8-16(9-22(20)32-5)19(11-26(2)3)18-6-7-25-10-17(18)13-28/h6-11,13H,12,14-15H2,1-5H3,(H,29,30)/b19-11-. The van der Waals surface area contributed by atoms with Gasteiger partial charge in [-0.05, 0) is 36.2 Å². The third kappa shape index (κ3) is 4.60. The number of carbonyl (C=O) groups excluding carboxylic acids is 1. The summed E-state index contributed by atoms with van der Waals surface area (Å²) in [6.45, 7) is 3.18. The minimum absolute atomic E-state index is 0.460. The van der Waals surface area contributed by atoms with E-state index in [0.29, 0.717) is 36.7 Å². The molecule has 0 spiro atoms. The van der Waals surface area contributed by atoms with Gasteiger partial charge in [0.05, 0.1) is 25.2 Å². The first kappa shape index (κ1) is 23.3. The highest BCUT2D eigenvalue weighted by Crippen LogP contribution is 2.39. The maximum Gasteiger partial charge on any atom is 0.311 e. The number of carbonyl (C=O) groups is 2. The average molecular weight is 440 g/mol. The Labute approximate surface area is 188 Å². The van der Waals surface area contributed by atoms with Crippen molar-refractivity contribution in [2.24, 2.45) is 5.41 Å². The molecule has 0 atom stereocenters. The molecule has 2 aromatic rings. The second-order valence-corrected chi connectivity index (χ2v) is 8.46. The SMILES string of the molecule is COc1cc(/C(=C/N(C)C)c2ccncc2C=O)cc(OC)c1CN1CC(C)(C(=O)O)C1. The van der Waals surface area contributed by atoms with E-state index in [1.807, 2.05) is 37.3 Å². The summed E-state index contributed by atoms with van der Waals surface area (Å²) < 4.78 is 11.4. The van der Waals surface area contributed by atoms with Crippen LogP contribution in [-0.2, 0) is 11.3 Å². The lowest BCUT2D eigenvalue weighted by atomic mass is 9.82. The zero-order valence-electron chi connectivity index (χ0n) is 19.1. The van der Waals surface area contributed by atoms with Crippen LogP contribution < -0.4 is 9.47 Å². The number of carboxylic acids is 1. The van der Waals surface area contributed by atoms with Gasteiger partial charge in [0.1, 0.15) is 11.5 Å². The Kier molecular flexibility index (Phi) is 6.84. The molecule has 2 heterocycles. The van der Waals surface area contributed by atoms with Crippen LogP contribution in [0.1, 0.15) is 34.0 Å². The number of pyridine rings is 1. The van der Waals surface area contributed by atoms with Gasteiger partial charge in [0.2, 0.25) is 0 Å². The summed E-state index contributed by atoms with van der Waals surface area (Å²) in [5.74, 6) is 0.481. The molecule has 8 heteroatoms. The largest absolute Gasteiger partial charge is 0.496 e. The number of likely N-dealkylation sites (tertiary alicyclic amines) is 1. The second kappa shape index (κ2) is 9.40. The number of aromatic nitrogens is 1. The molecule has 0 radical (unpaired) electrons. The first-order valence-electron chi connectivity index (χ1n) is 10.2. The van der Waals surface area contributed by atoms with Crippen LogP contribution in [0, 0.1) is 5.41 Å². The summed E-state index contributed by atoms with van der Waals surface area (Å²) in [4.78, 5) is 31.1. The highest BCUT2D eigenvalue weighted by atomic mass is 16.5. The van der Waals surface area contributed by atoms with Crippen LogP contribution >= 0.6 is 0 Å². The maximum absolute atomic E-state index is 11.6. The second-order valence-electron chi connectivity index (χ2n) is 8.46. The number of nitrogens with zero attached hydrogens (tertiary/aromatic N) is 3. The number of rotatable bonds is 9. The third-order valence-electron chi connectivity index (χ3n) is 5.62. The number of hydrogen-bond donors (Lipinski definition) is 1. The number of methoxy groups -OCH3 is 2. The minimum Gasteiger partial charge on any atom is -0.496 e. The molecule has 8 nitrogen and oxygen atoms in total. The Morgan fingerprint density at radius 1 is 1.25 bits per heavy atom. The normalized spacial score (nSPS) is 15.6. The van der Waals surface area contributed by atoms with Gasteiger partial charge in [0.15, 0.2) is 6.29 Å². The van der Waals surface area contributed by atoms with Crippen molar-refractivity contribution in [3.8, 4) is 11.5 Å². The van der Waals surface area contributed by atoms with Crippen LogP contribution in [0.3, 0.4) is 0 Å². The van der Waals surface area contributed by atoms with Crippen molar-refractivity contribution >= 4 is 17.8 Å². The van der Waals surface area contributed by atoms with Crippen LogP contribution in [0.25, 0.3) is 5.57 Å². The highest BCUT2D eigenvalue weighted by Gasteiger charge is 2.45. The molecule has 0 amide bonds. The fourth-order valence-electron chi connectivity index (χ4n) is 4.01. The Morgan fingerprint density at radius 2 is 1.88 bits per heavy atom. The van der Waals surface area contributed by atoms with Gasteiger partial charge in [-0.3, -0.25) is 19.5 Å². The summed E-state index contributed by atoms with van der Waals surface area (Å²) >= 11 is 0. The Morgan fingerprint density at radius 3 is 2.38 bits per heavy atom. The average Bonchev–Trinajstić information content (AvgIpc) is 2.75. The predicted molar refractivity (Wildman–Crippen MR) is 121 cm³/mol. The van der Waals surface area contributed by atoms with Crippen molar-refractivity contribution < 1.29 is 24.2 Å². The van der Waals surface area contributed by atoms with Crippen molar-refractivity contribution in [2.75, 3.05) is 41.4 Å². The summed E-state index contributed by atoms with van der Waals surface area (Å²) in [6.07, 6.45) is 5.91. The number of benzene rings is 1. The molecule has 0 aliphatic carbocycles. The molecule has 0 unspecified atom stereocenters. The number of aliphatic carboxylic acids is 1. The fraction of sp³-hybridized carbons (Fsp3) is 0.375. The number of carboxylic acid groups (broad SMARTS) is 1. The van der Waals surface area contributed by atoms with Crippen molar-refractivity contribution in [2.45, 2.75) is 13.5 Å². The topological polar surface area (TPSA) is 92.2 Å². The van der Waals surface area contributed by atoms with Crippen LogP contribution in [0.5, 0.6) is 11.5 Å². The fourth-order valence-corrected chi connectivity index (χ4v) is 4.01.